The zero-order chi connectivity index (χ0) is 29.7. The maximum absolute atomic E-state index is 13.1. The van der Waals surface area contributed by atoms with Gasteiger partial charge in [-0.2, -0.15) is 0 Å². The number of ether oxygens (including phenoxy) is 6. The summed E-state index contributed by atoms with van der Waals surface area (Å²) in [4.78, 5) is 0.117. The van der Waals surface area contributed by atoms with Crippen molar-refractivity contribution < 1.29 is 41.3 Å². The van der Waals surface area contributed by atoms with Crippen LogP contribution in [0.3, 0.4) is 0 Å². The number of hydrogen-bond acceptors (Lipinski definition) is 9. The van der Waals surface area contributed by atoms with E-state index in [0.717, 1.165) is 4.47 Å². The van der Waals surface area contributed by atoms with Crippen LogP contribution in [0.4, 0.5) is 0 Å². The van der Waals surface area contributed by atoms with Crippen LogP contribution in [-0.4, -0.2) is 51.1 Å². The molecule has 0 aliphatic carbocycles. The van der Waals surface area contributed by atoms with Gasteiger partial charge in [-0.3, -0.25) is 0 Å². The molecule has 0 atom stereocenters. The second-order valence-electron chi connectivity index (χ2n) is 8.55. The fourth-order valence-corrected chi connectivity index (χ4v) is 5.62. The van der Waals surface area contributed by atoms with Gasteiger partial charge in [-0.25, -0.2) is 13.1 Å². The van der Waals surface area contributed by atoms with Gasteiger partial charge in [0.05, 0.1) is 60.4 Å². The molecule has 1 aromatic heterocycles. The van der Waals surface area contributed by atoms with Gasteiger partial charge in [0.1, 0.15) is 5.76 Å². The van der Waals surface area contributed by atoms with E-state index >= 15 is 0 Å². The Bertz CT molecular complexity index is 1580. The van der Waals surface area contributed by atoms with Gasteiger partial charge >= 0.3 is 0 Å². The van der Waals surface area contributed by atoms with Crippen molar-refractivity contribution >= 4 is 26.0 Å². The first-order chi connectivity index (χ1) is 19.7. The Hall–Kier alpha value is -3.87. The summed E-state index contributed by atoms with van der Waals surface area (Å²) in [6.07, 6.45) is 1.54. The maximum Gasteiger partial charge on any atom is 0.240 e. The molecule has 0 unspecified atom stereocenters. The Kier molecular flexibility index (Phi) is 9.36. The van der Waals surface area contributed by atoms with Gasteiger partial charge in [-0.05, 0) is 59.7 Å². The molecule has 4 aromatic rings. The molecule has 0 amide bonds. The van der Waals surface area contributed by atoms with Crippen molar-refractivity contribution in [2.75, 3.05) is 42.7 Å². The van der Waals surface area contributed by atoms with E-state index in [1.165, 1.54) is 54.8 Å². The van der Waals surface area contributed by atoms with Gasteiger partial charge in [-0.1, -0.05) is 15.9 Å². The predicted octanol–water partition coefficient (Wildman–Crippen LogP) is 5.91. The minimum Gasteiger partial charge on any atom is -0.493 e. The van der Waals surface area contributed by atoms with Crippen LogP contribution in [0.5, 0.6) is 34.5 Å². The van der Waals surface area contributed by atoms with Gasteiger partial charge in [-0.15, -0.1) is 0 Å². The zero-order valence-electron chi connectivity index (χ0n) is 23.4. The molecular formula is C29H30BrNO9S. The first-order valence-electron chi connectivity index (χ1n) is 12.2. The second kappa shape index (κ2) is 12.8. The molecule has 218 valence electrons. The number of methoxy groups -OCH3 is 6. The van der Waals surface area contributed by atoms with E-state index in [2.05, 4.69) is 20.7 Å². The van der Waals surface area contributed by atoms with Crippen molar-refractivity contribution in [1.82, 2.24) is 4.72 Å². The Morgan fingerprint density at radius 3 is 1.61 bits per heavy atom. The lowest BCUT2D eigenvalue weighted by Gasteiger charge is -2.17. The van der Waals surface area contributed by atoms with Gasteiger partial charge in [0.2, 0.25) is 21.5 Å². The highest BCUT2D eigenvalue weighted by atomic mass is 79.9. The molecule has 0 fully saturated rings. The molecule has 1 N–H and O–H groups in total. The molecule has 0 radical (unpaired) electrons. The number of halogens is 1. The number of hydrogen-bond donors (Lipinski definition) is 1. The highest BCUT2D eigenvalue weighted by Crippen LogP contribution is 2.47. The van der Waals surface area contributed by atoms with E-state index in [1.54, 1.807) is 42.7 Å². The third kappa shape index (κ3) is 6.09. The topological polar surface area (TPSA) is 115 Å². The van der Waals surface area contributed by atoms with E-state index in [-0.39, 0.29) is 11.4 Å². The van der Waals surface area contributed by atoms with Gasteiger partial charge in [0, 0.05) is 15.6 Å². The summed E-state index contributed by atoms with van der Waals surface area (Å²) in [7, 11) is 5.27. The number of sulfonamides is 1. The number of furan rings is 1. The fraction of sp³-hybridized carbons (Fsp3) is 0.241. The number of benzene rings is 3. The van der Waals surface area contributed by atoms with E-state index in [1.807, 2.05) is 0 Å². The van der Waals surface area contributed by atoms with Crippen molar-refractivity contribution in [1.29, 1.82) is 0 Å². The lowest BCUT2D eigenvalue weighted by molar-refractivity contribution is 0.324. The van der Waals surface area contributed by atoms with Gasteiger partial charge in [0.25, 0.3) is 0 Å². The highest BCUT2D eigenvalue weighted by Gasteiger charge is 2.25. The molecule has 1 heterocycles. The molecule has 3 aromatic carbocycles. The van der Waals surface area contributed by atoms with Gasteiger partial charge in [0.15, 0.2) is 23.0 Å². The first-order valence-corrected chi connectivity index (χ1v) is 14.4. The maximum atomic E-state index is 13.1. The van der Waals surface area contributed by atoms with E-state index in [9.17, 15) is 8.42 Å². The molecular weight excluding hydrogens is 618 g/mol. The van der Waals surface area contributed by atoms with Crippen LogP contribution < -0.4 is 33.1 Å². The standard InChI is InChI=1S/C29H30BrNO9S/c1-34-22-11-17(12-23(35-2)28(22)38-5)21-16-40-26(15-31-41(32,33)20-9-7-19(30)8-10-20)27(21)18-13-24(36-3)29(39-6)25(14-18)37-4/h7-14,16,31H,15H2,1-6H3. The van der Waals surface area contributed by atoms with Crippen molar-refractivity contribution in [2.45, 2.75) is 11.4 Å². The van der Waals surface area contributed by atoms with Crippen molar-refractivity contribution in [3.63, 3.8) is 0 Å². The largest absolute Gasteiger partial charge is 0.493 e. The zero-order valence-corrected chi connectivity index (χ0v) is 25.8. The first kappa shape index (κ1) is 30.1. The minimum absolute atomic E-state index is 0.117. The summed E-state index contributed by atoms with van der Waals surface area (Å²) in [5.74, 6) is 2.91. The summed E-state index contributed by atoms with van der Waals surface area (Å²) >= 11 is 3.33. The number of nitrogens with one attached hydrogen (secondary N) is 1. The van der Waals surface area contributed by atoms with Crippen LogP contribution in [-0.2, 0) is 16.6 Å². The summed E-state index contributed by atoms with van der Waals surface area (Å²) in [6, 6.07) is 13.4. The number of rotatable bonds is 12. The predicted molar refractivity (Wildman–Crippen MR) is 157 cm³/mol. The third-order valence-electron chi connectivity index (χ3n) is 6.34. The van der Waals surface area contributed by atoms with Crippen LogP contribution in [0.15, 0.2) is 68.6 Å². The fourth-order valence-electron chi connectivity index (χ4n) is 4.38. The van der Waals surface area contributed by atoms with E-state index in [0.29, 0.717) is 62.5 Å². The summed E-state index contributed by atoms with van der Waals surface area (Å²) in [5.41, 5.74) is 2.54. The van der Waals surface area contributed by atoms with Crippen molar-refractivity contribution in [3.8, 4) is 56.8 Å². The van der Waals surface area contributed by atoms with E-state index in [4.69, 9.17) is 32.8 Å². The molecule has 12 heteroatoms. The summed E-state index contributed by atoms with van der Waals surface area (Å²) in [6.45, 7) is -0.144. The van der Waals surface area contributed by atoms with Gasteiger partial charge < -0.3 is 32.8 Å². The molecule has 0 saturated carbocycles. The minimum atomic E-state index is -3.85. The molecule has 0 aliphatic rings. The molecule has 0 saturated heterocycles. The third-order valence-corrected chi connectivity index (χ3v) is 8.29. The van der Waals surface area contributed by atoms with Crippen LogP contribution in [0.2, 0.25) is 0 Å². The Balaban J connectivity index is 1.90. The molecule has 4 rings (SSSR count). The molecule has 0 bridgehead atoms. The highest BCUT2D eigenvalue weighted by molar-refractivity contribution is 9.10. The normalized spacial score (nSPS) is 11.2. The van der Waals surface area contributed by atoms with Crippen LogP contribution in [0.1, 0.15) is 5.76 Å². The second-order valence-corrected chi connectivity index (χ2v) is 11.2. The smallest absolute Gasteiger partial charge is 0.240 e. The molecule has 10 nitrogen and oxygen atoms in total. The van der Waals surface area contributed by atoms with Crippen molar-refractivity contribution in [3.05, 3.63) is 65.0 Å². The Morgan fingerprint density at radius 2 is 1.17 bits per heavy atom. The SMILES string of the molecule is COc1cc(-c2coc(CNS(=O)(=O)c3ccc(Br)cc3)c2-c2cc(OC)c(OC)c(OC)c2)cc(OC)c1OC. The van der Waals surface area contributed by atoms with Crippen LogP contribution in [0.25, 0.3) is 22.3 Å². The lowest BCUT2D eigenvalue weighted by Crippen LogP contribution is -2.23. The Morgan fingerprint density at radius 1 is 0.707 bits per heavy atom. The summed E-state index contributed by atoms with van der Waals surface area (Å²) < 4.78 is 68.8. The Labute approximate surface area is 247 Å². The molecule has 0 spiro atoms. The summed E-state index contributed by atoms with van der Waals surface area (Å²) in [5, 5.41) is 0. The molecule has 0 aliphatic heterocycles. The lowest BCUT2D eigenvalue weighted by atomic mass is 9.95. The van der Waals surface area contributed by atoms with Crippen LogP contribution in [0, 0.1) is 0 Å². The van der Waals surface area contributed by atoms with Crippen molar-refractivity contribution in [2.24, 2.45) is 0 Å². The molecule has 41 heavy (non-hydrogen) atoms. The monoisotopic (exact) mass is 647 g/mol. The van der Waals surface area contributed by atoms with E-state index < -0.39 is 10.0 Å². The quantitative estimate of drug-likeness (QED) is 0.200. The average molecular weight is 649 g/mol. The van der Waals surface area contributed by atoms with Crippen LogP contribution >= 0.6 is 15.9 Å². The average Bonchev–Trinajstić information content (AvgIpc) is 3.42.